The van der Waals surface area contributed by atoms with Gasteiger partial charge < -0.3 is 19.5 Å². The lowest BCUT2D eigenvalue weighted by molar-refractivity contribution is -0.151. The van der Waals surface area contributed by atoms with Crippen molar-refractivity contribution in [1.29, 1.82) is 0 Å². The Morgan fingerprint density at radius 3 is 2.63 bits per heavy atom. The Morgan fingerprint density at radius 2 is 1.95 bits per heavy atom. The van der Waals surface area contributed by atoms with Gasteiger partial charge in [0.25, 0.3) is 0 Å². The third-order valence-corrected chi connectivity index (χ3v) is 3.15. The Morgan fingerprint density at radius 1 is 1.21 bits per heavy atom. The third kappa shape index (κ3) is 6.87. The molecule has 0 aromatic carbocycles. The van der Waals surface area contributed by atoms with Crippen LogP contribution >= 0.6 is 0 Å². The normalized spacial score (nSPS) is 18.2. The molecule has 0 spiro atoms. The number of hydrogen-bond acceptors (Lipinski definition) is 6. The predicted molar refractivity (Wildman–Crippen MR) is 72.2 cm³/mol. The monoisotopic (exact) mass is 274 g/mol. The molecular weight excluding hydrogens is 248 g/mol. The van der Waals surface area contributed by atoms with Crippen molar-refractivity contribution in [3.05, 3.63) is 0 Å². The van der Waals surface area contributed by atoms with Gasteiger partial charge in [0.05, 0.1) is 6.61 Å². The van der Waals surface area contributed by atoms with Crippen LogP contribution in [0.15, 0.2) is 0 Å². The van der Waals surface area contributed by atoms with Crippen molar-refractivity contribution in [2.24, 2.45) is 0 Å². The molecule has 1 aliphatic rings. The minimum Gasteiger partial charge on any atom is -0.462 e. The lowest BCUT2D eigenvalue weighted by atomic mass is 10.2. The van der Waals surface area contributed by atoms with Crippen molar-refractivity contribution >= 4 is 5.97 Å². The summed E-state index contributed by atoms with van der Waals surface area (Å²) >= 11 is 0. The summed E-state index contributed by atoms with van der Waals surface area (Å²) in [5.74, 6) is -0.164. The highest BCUT2D eigenvalue weighted by atomic mass is 16.6. The molecule has 0 amide bonds. The van der Waals surface area contributed by atoms with E-state index in [4.69, 9.17) is 14.2 Å². The number of ether oxygens (including phenoxy) is 3. The van der Waals surface area contributed by atoms with Crippen molar-refractivity contribution < 1.29 is 19.0 Å². The highest BCUT2D eigenvalue weighted by Crippen LogP contribution is 2.03. The molecule has 0 saturated carbocycles. The van der Waals surface area contributed by atoms with E-state index in [1.54, 1.807) is 7.11 Å². The summed E-state index contributed by atoms with van der Waals surface area (Å²) < 4.78 is 15.4. The molecular formula is C13H26N2O4. The smallest absolute Gasteiger partial charge is 0.323 e. The fourth-order valence-corrected chi connectivity index (χ4v) is 1.95. The maximum atomic E-state index is 11.8. The minimum atomic E-state index is -0.171. The van der Waals surface area contributed by atoms with E-state index in [1.807, 2.05) is 6.92 Å². The van der Waals surface area contributed by atoms with Crippen molar-refractivity contribution in [3.8, 4) is 0 Å². The SMILES string of the molecule is COCCCOCCOC(=O)C(C)N1CCNCC1. The molecule has 1 unspecified atom stereocenters. The van der Waals surface area contributed by atoms with Crippen LogP contribution in [0.25, 0.3) is 0 Å². The van der Waals surface area contributed by atoms with E-state index < -0.39 is 0 Å². The molecule has 0 aromatic rings. The number of nitrogens with one attached hydrogen (secondary N) is 1. The van der Waals surface area contributed by atoms with Crippen LogP contribution in [0.1, 0.15) is 13.3 Å². The van der Waals surface area contributed by atoms with Crippen LogP contribution in [0.5, 0.6) is 0 Å². The maximum absolute atomic E-state index is 11.8. The third-order valence-electron chi connectivity index (χ3n) is 3.15. The first-order chi connectivity index (χ1) is 9.25. The molecule has 1 atom stereocenters. The van der Waals surface area contributed by atoms with Gasteiger partial charge in [-0.1, -0.05) is 0 Å². The molecule has 112 valence electrons. The maximum Gasteiger partial charge on any atom is 0.323 e. The second-order valence-corrected chi connectivity index (χ2v) is 4.59. The van der Waals surface area contributed by atoms with Crippen LogP contribution < -0.4 is 5.32 Å². The number of nitrogens with zero attached hydrogens (tertiary/aromatic N) is 1. The fraction of sp³-hybridized carbons (Fsp3) is 0.923. The van der Waals surface area contributed by atoms with Crippen molar-refractivity contribution in [2.75, 3.05) is 59.7 Å². The summed E-state index contributed by atoms with van der Waals surface area (Å²) in [5, 5.41) is 3.26. The molecule has 0 aromatic heterocycles. The first-order valence-electron chi connectivity index (χ1n) is 6.93. The Kier molecular flexibility index (Phi) is 8.73. The van der Waals surface area contributed by atoms with E-state index >= 15 is 0 Å². The summed E-state index contributed by atoms with van der Waals surface area (Å²) in [6.45, 7) is 7.64. The van der Waals surface area contributed by atoms with E-state index in [0.29, 0.717) is 26.4 Å². The van der Waals surface area contributed by atoms with Gasteiger partial charge in [0.1, 0.15) is 12.6 Å². The average molecular weight is 274 g/mol. The van der Waals surface area contributed by atoms with E-state index in [-0.39, 0.29) is 12.0 Å². The summed E-state index contributed by atoms with van der Waals surface area (Å²) in [6.07, 6.45) is 0.863. The number of esters is 1. The second-order valence-electron chi connectivity index (χ2n) is 4.59. The van der Waals surface area contributed by atoms with Crippen LogP contribution in [0.3, 0.4) is 0 Å². The van der Waals surface area contributed by atoms with Gasteiger partial charge in [0, 0.05) is 46.5 Å². The molecule has 0 radical (unpaired) electrons. The van der Waals surface area contributed by atoms with E-state index in [0.717, 1.165) is 32.6 Å². The minimum absolute atomic E-state index is 0.164. The molecule has 6 nitrogen and oxygen atoms in total. The average Bonchev–Trinajstić information content (AvgIpc) is 2.46. The van der Waals surface area contributed by atoms with Gasteiger partial charge in [-0.15, -0.1) is 0 Å². The van der Waals surface area contributed by atoms with Crippen LogP contribution in [0.4, 0.5) is 0 Å². The number of carbonyl (C=O) groups excluding carboxylic acids is 1. The Hall–Kier alpha value is -0.690. The first kappa shape index (κ1) is 16.4. The summed E-state index contributed by atoms with van der Waals surface area (Å²) in [7, 11) is 1.67. The standard InChI is InChI=1S/C13H26N2O4/c1-12(15-6-4-14-5-7-15)13(16)19-11-10-18-9-3-8-17-2/h12,14H,3-11H2,1-2H3. The van der Waals surface area contributed by atoms with Gasteiger partial charge in [-0.2, -0.15) is 0 Å². The fourth-order valence-electron chi connectivity index (χ4n) is 1.95. The summed E-state index contributed by atoms with van der Waals surface area (Å²) in [4.78, 5) is 14.0. The molecule has 1 aliphatic heterocycles. The molecule has 1 fully saturated rings. The van der Waals surface area contributed by atoms with Gasteiger partial charge in [-0.25, -0.2) is 0 Å². The van der Waals surface area contributed by atoms with Gasteiger partial charge in [0.15, 0.2) is 0 Å². The number of methoxy groups -OCH3 is 1. The molecule has 1 heterocycles. The van der Waals surface area contributed by atoms with Gasteiger partial charge in [-0.05, 0) is 13.3 Å². The predicted octanol–water partition coefficient (Wildman–Crippen LogP) is -0.124. The summed E-state index contributed by atoms with van der Waals surface area (Å²) in [6, 6.07) is -0.171. The van der Waals surface area contributed by atoms with Crippen molar-refractivity contribution in [3.63, 3.8) is 0 Å². The molecule has 6 heteroatoms. The molecule has 0 aliphatic carbocycles. The van der Waals surface area contributed by atoms with E-state index in [9.17, 15) is 4.79 Å². The molecule has 0 bridgehead atoms. The number of carbonyl (C=O) groups is 1. The highest BCUT2D eigenvalue weighted by molar-refractivity contribution is 5.75. The lowest BCUT2D eigenvalue weighted by Gasteiger charge is -2.31. The van der Waals surface area contributed by atoms with Gasteiger partial charge in [0.2, 0.25) is 0 Å². The second kappa shape index (κ2) is 10.1. The molecule has 19 heavy (non-hydrogen) atoms. The zero-order chi connectivity index (χ0) is 13.9. The van der Waals surface area contributed by atoms with Crippen molar-refractivity contribution in [1.82, 2.24) is 10.2 Å². The number of hydrogen-bond donors (Lipinski definition) is 1. The topological polar surface area (TPSA) is 60.0 Å². The number of rotatable bonds is 9. The largest absolute Gasteiger partial charge is 0.462 e. The van der Waals surface area contributed by atoms with Crippen LogP contribution in [-0.2, 0) is 19.0 Å². The Labute approximate surface area is 115 Å². The zero-order valence-corrected chi connectivity index (χ0v) is 12.0. The lowest BCUT2D eigenvalue weighted by Crippen LogP contribution is -2.50. The zero-order valence-electron chi connectivity index (χ0n) is 12.0. The summed E-state index contributed by atoms with van der Waals surface area (Å²) in [5.41, 5.74) is 0. The Balaban J connectivity index is 2.03. The Bertz CT molecular complexity index is 245. The highest BCUT2D eigenvalue weighted by Gasteiger charge is 2.23. The van der Waals surface area contributed by atoms with Gasteiger partial charge >= 0.3 is 5.97 Å². The van der Waals surface area contributed by atoms with Crippen LogP contribution in [0.2, 0.25) is 0 Å². The quantitative estimate of drug-likeness (QED) is 0.467. The molecule has 1 rings (SSSR count). The molecule has 1 saturated heterocycles. The van der Waals surface area contributed by atoms with E-state index in [2.05, 4.69) is 10.2 Å². The van der Waals surface area contributed by atoms with Crippen LogP contribution in [0, 0.1) is 0 Å². The molecule has 1 N–H and O–H groups in total. The van der Waals surface area contributed by atoms with Crippen LogP contribution in [-0.4, -0.2) is 76.6 Å². The number of piperazine rings is 1. The van der Waals surface area contributed by atoms with E-state index in [1.165, 1.54) is 0 Å². The van der Waals surface area contributed by atoms with Crippen molar-refractivity contribution in [2.45, 2.75) is 19.4 Å². The van der Waals surface area contributed by atoms with Gasteiger partial charge in [-0.3, -0.25) is 9.69 Å². The first-order valence-corrected chi connectivity index (χ1v) is 6.93.